The molecule has 1 N–H and O–H groups in total. The molecule has 5 heteroatoms. The normalized spacial score (nSPS) is 12.8. The number of hydrogen-bond acceptors (Lipinski definition) is 2. The molecule has 0 fully saturated rings. The molecule has 0 aliphatic rings. The van der Waals surface area contributed by atoms with Crippen molar-refractivity contribution >= 4 is 5.52 Å². The van der Waals surface area contributed by atoms with E-state index in [1.807, 2.05) is 18.2 Å². The minimum absolute atomic E-state index is 0.130. The topological polar surface area (TPSA) is 37.5 Å². The molecule has 3 nitrogen and oxygen atoms in total. The van der Waals surface area contributed by atoms with Gasteiger partial charge in [0, 0.05) is 24.2 Å². The molecule has 0 aliphatic carbocycles. The number of hydrogen-bond donors (Lipinski definition) is 1. The summed E-state index contributed by atoms with van der Waals surface area (Å²) in [4.78, 5) is 0. The Morgan fingerprint density at radius 2 is 1.90 bits per heavy atom. The van der Waals surface area contributed by atoms with Crippen LogP contribution in [-0.2, 0) is 6.42 Å². The molecule has 0 aliphatic heterocycles. The van der Waals surface area contributed by atoms with E-state index in [0.717, 1.165) is 11.6 Å². The van der Waals surface area contributed by atoms with Crippen molar-refractivity contribution in [2.24, 2.45) is 0 Å². The van der Waals surface area contributed by atoms with E-state index < -0.39 is 17.7 Å². The van der Waals surface area contributed by atoms with Gasteiger partial charge in [0.15, 0.2) is 0 Å². The van der Waals surface area contributed by atoms with Gasteiger partial charge in [0.1, 0.15) is 11.6 Å². The lowest BCUT2D eigenvalue weighted by Crippen LogP contribution is -2.02. The molecule has 102 valence electrons. The predicted octanol–water partition coefficient (Wildman–Crippen LogP) is 2.89. The van der Waals surface area contributed by atoms with E-state index in [-0.39, 0.29) is 6.42 Å². The van der Waals surface area contributed by atoms with Crippen LogP contribution in [-0.4, -0.2) is 14.7 Å². The fourth-order valence-electron chi connectivity index (χ4n) is 2.27. The first-order valence-corrected chi connectivity index (χ1v) is 6.19. The number of nitrogens with zero attached hydrogens (tertiary/aromatic N) is 2. The third kappa shape index (κ3) is 2.40. The highest BCUT2D eigenvalue weighted by Crippen LogP contribution is 2.23. The van der Waals surface area contributed by atoms with Gasteiger partial charge < -0.3 is 5.11 Å². The first kappa shape index (κ1) is 12.7. The van der Waals surface area contributed by atoms with Crippen molar-refractivity contribution in [3.05, 3.63) is 71.6 Å². The molecule has 0 spiro atoms. The summed E-state index contributed by atoms with van der Waals surface area (Å²) in [5.41, 5.74) is 1.82. The van der Waals surface area contributed by atoms with Crippen LogP contribution in [0.2, 0.25) is 0 Å². The van der Waals surface area contributed by atoms with Gasteiger partial charge in [-0.15, -0.1) is 0 Å². The smallest absolute Gasteiger partial charge is 0.126 e. The van der Waals surface area contributed by atoms with E-state index in [0.29, 0.717) is 11.1 Å². The van der Waals surface area contributed by atoms with Gasteiger partial charge in [-0.25, -0.2) is 13.3 Å². The van der Waals surface area contributed by atoms with Gasteiger partial charge in [0.05, 0.1) is 17.8 Å². The molecule has 3 rings (SSSR count). The number of aliphatic hydroxyl groups is 1. The van der Waals surface area contributed by atoms with Gasteiger partial charge in [-0.3, -0.25) is 0 Å². The van der Waals surface area contributed by atoms with Crippen molar-refractivity contribution in [3.63, 3.8) is 0 Å². The van der Waals surface area contributed by atoms with Crippen LogP contribution in [0, 0.1) is 11.6 Å². The molecule has 1 unspecified atom stereocenters. The molecule has 20 heavy (non-hydrogen) atoms. The predicted molar refractivity (Wildman–Crippen MR) is 70.2 cm³/mol. The van der Waals surface area contributed by atoms with E-state index in [1.54, 1.807) is 16.9 Å². The average Bonchev–Trinajstić information content (AvgIpc) is 2.81. The zero-order chi connectivity index (χ0) is 14.1. The Balaban J connectivity index is 1.91. The number of aromatic nitrogens is 2. The van der Waals surface area contributed by atoms with Crippen molar-refractivity contribution in [3.8, 4) is 0 Å². The maximum Gasteiger partial charge on any atom is 0.126 e. The average molecular weight is 274 g/mol. The van der Waals surface area contributed by atoms with Crippen molar-refractivity contribution in [1.82, 2.24) is 9.61 Å². The fourth-order valence-corrected chi connectivity index (χ4v) is 2.27. The summed E-state index contributed by atoms with van der Waals surface area (Å²) >= 11 is 0. The van der Waals surface area contributed by atoms with Gasteiger partial charge in [0.2, 0.25) is 0 Å². The van der Waals surface area contributed by atoms with Crippen molar-refractivity contribution in [2.45, 2.75) is 12.5 Å². The van der Waals surface area contributed by atoms with Crippen LogP contribution in [0.1, 0.15) is 17.2 Å². The van der Waals surface area contributed by atoms with Crippen LogP contribution in [0.4, 0.5) is 8.78 Å². The minimum atomic E-state index is -0.865. The van der Waals surface area contributed by atoms with Crippen molar-refractivity contribution in [2.75, 3.05) is 0 Å². The Kier molecular flexibility index (Phi) is 3.20. The standard InChI is InChI=1S/C15H12F2N2O/c16-11-5-10(6-12(17)8-11)7-15(20)13-9-18-19-4-2-1-3-14(13)19/h1-6,8-9,15,20H,7H2. The first-order valence-electron chi connectivity index (χ1n) is 6.19. The van der Waals surface area contributed by atoms with Gasteiger partial charge in [0.25, 0.3) is 0 Å². The summed E-state index contributed by atoms with van der Waals surface area (Å²) in [7, 11) is 0. The van der Waals surface area contributed by atoms with E-state index >= 15 is 0 Å². The Morgan fingerprint density at radius 1 is 1.15 bits per heavy atom. The Hall–Kier alpha value is -2.27. The van der Waals surface area contributed by atoms with Crippen molar-refractivity contribution in [1.29, 1.82) is 0 Å². The van der Waals surface area contributed by atoms with Crippen LogP contribution < -0.4 is 0 Å². The van der Waals surface area contributed by atoms with Crippen molar-refractivity contribution < 1.29 is 13.9 Å². The maximum atomic E-state index is 13.1. The number of aliphatic hydroxyl groups excluding tert-OH is 1. The summed E-state index contributed by atoms with van der Waals surface area (Å²) in [6.45, 7) is 0. The summed E-state index contributed by atoms with van der Waals surface area (Å²) in [5.74, 6) is -1.29. The fraction of sp³-hybridized carbons (Fsp3) is 0.133. The molecule has 3 aromatic rings. The molecule has 0 bridgehead atoms. The second-order valence-electron chi connectivity index (χ2n) is 4.63. The second kappa shape index (κ2) is 5.02. The lowest BCUT2D eigenvalue weighted by molar-refractivity contribution is 0.179. The zero-order valence-electron chi connectivity index (χ0n) is 10.5. The van der Waals surface area contributed by atoms with Crippen LogP contribution in [0.15, 0.2) is 48.8 Å². The number of benzene rings is 1. The molecule has 2 heterocycles. The van der Waals surface area contributed by atoms with Gasteiger partial charge in [-0.05, 0) is 29.8 Å². The van der Waals surface area contributed by atoms with E-state index in [9.17, 15) is 13.9 Å². The van der Waals surface area contributed by atoms with Gasteiger partial charge >= 0.3 is 0 Å². The zero-order valence-corrected chi connectivity index (χ0v) is 10.5. The molecule has 0 amide bonds. The molecular formula is C15H12F2N2O. The molecule has 0 saturated carbocycles. The number of fused-ring (bicyclic) bond motifs is 1. The van der Waals surface area contributed by atoms with Crippen LogP contribution in [0.3, 0.4) is 0 Å². The van der Waals surface area contributed by atoms with Crippen LogP contribution in [0.25, 0.3) is 5.52 Å². The molecule has 0 saturated heterocycles. The number of rotatable bonds is 3. The van der Waals surface area contributed by atoms with Gasteiger partial charge in [-0.1, -0.05) is 6.07 Å². The quantitative estimate of drug-likeness (QED) is 0.797. The van der Waals surface area contributed by atoms with Crippen LogP contribution in [0.5, 0.6) is 0 Å². The third-order valence-electron chi connectivity index (χ3n) is 3.17. The lowest BCUT2D eigenvalue weighted by atomic mass is 10.0. The van der Waals surface area contributed by atoms with E-state index in [1.165, 1.54) is 12.1 Å². The summed E-state index contributed by atoms with van der Waals surface area (Å²) in [6.07, 6.45) is 2.60. The molecule has 1 aromatic carbocycles. The summed E-state index contributed by atoms with van der Waals surface area (Å²) in [6, 6.07) is 8.76. The third-order valence-corrected chi connectivity index (χ3v) is 3.17. The second-order valence-corrected chi connectivity index (χ2v) is 4.63. The van der Waals surface area contributed by atoms with E-state index in [2.05, 4.69) is 5.10 Å². The largest absolute Gasteiger partial charge is 0.388 e. The highest BCUT2D eigenvalue weighted by molar-refractivity contribution is 5.54. The number of pyridine rings is 1. The van der Waals surface area contributed by atoms with Crippen LogP contribution >= 0.6 is 0 Å². The number of halogens is 2. The highest BCUT2D eigenvalue weighted by Gasteiger charge is 2.15. The highest BCUT2D eigenvalue weighted by atomic mass is 19.1. The molecule has 2 aromatic heterocycles. The molecular weight excluding hydrogens is 262 g/mol. The lowest BCUT2D eigenvalue weighted by Gasteiger charge is -2.09. The molecule has 0 radical (unpaired) electrons. The molecule has 1 atom stereocenters. The Bertz CT molecular complexity index is 734. The summed E-state index contributed by atoms with van der Waals surface area (Å²) in [5, 5.41) is 14.4. The SMILES string of the molecule is OC(Cc1cc(F)cc(F)c1)c1cnn2ccccc12. The monoisotopic (exact) mass is 274 g/mol. The summed E-state index contributed by atoms with van der Waals surface area (Å²) < 4.78 is 27.9. The Labute approximate surface area is 114 Å². The maximum absolute atomic E-state index is 13.1. The first-order chi connectivity index (χ1) is 9.63. The minimum Gasteiger partial charge on any atom is -0.388 e. The van der Waals surface area contributed by atoms with E-state index in [4.69, 9.17) is 0 Å². The Morgan fingerprint density at radius 3 is 2.65 bits per heavy atom. The van der Waals surface area contributed by atoms with Gasteiger partial charge in [-0.2, -0.15) is 5.10 Å².